The Labute approximate surface area is 152 Å². The van der Waals surface area contributed by atoms with E-state index in [9.17, 15) is 9.59 Å². The van der Waals surface area contributed by atoms with E-state index in [4.69, 9.17) is 30.5 Å². The number of methoxy groups -OCH3 is 3. The third kappa shape index (κ3) is 6.01. The predicted molar refractivity (Wildman–Crippen MR) is 93.4 cm³/mol. The van der Waals surface area contributed by atoms with Gasteiger partial charge in [0.25, 0.3) is 0 Å². The SMILES string of the molecule is COC(=O)C(Cc1ccc(OC)c(OC)c1Cl)NC(=O)OC(C)(C)C. The topological polar surface area (TPSA) is 83.1 Å². The Morgan fingerprint density at radius 1 is 1.16 bits per heavy atom. The highest BCUT2D eigenvalue weighted by Gasteiger charge is 2.27. The maximum absolute atomic E-state index is 12.0. The summed E-state index contributed by atoms with van der Waals surface area (Å²) in [7, 11) is 4.20. The summed E-state index contributed by atoms with van der Waals surface area (Å²) < 4.78 is 20.3. The molecule has 1 unspecified atom stereocenters. The fraction of sp³-hybridized carbons (Fsp3) is 0.529. The summed E-state index contributed by atoms with van der Waals surface area (Å²) in [5.74, 6) is 0.199. The summed E-state index contributed by atoms with van der Waals surface area (Å²) in [6.45, 7) is 5.18. The molecule has 0 heterocycles. The van der Waals surface area contributed by atoms with Gasteiger partial charge in [-0.1, -0.05) is 17.7 Å². The Morgan fingerprint density at radius 2 is 1.80 bits per heavy atom. The van der Waals surface area contributed by atoms with Gasteiger partial charge in [-0.3, -0.25) is 0 Å². The number of carbonyl (C=O) groups excluding carboxylic acids is 2. The molecule has 140 valence electrons. The average molecular weight is 374 g/mol. The van der Waals surface area contributed by atoms with Crippen molar-refractivity contribution in [3.8, 4) is 11.5 Å². The molecule has 0 bridgehead atoms. The molecule has 0 aliphatic rings. The lowest BCUT2D eigenvalue weighted by Gasteiger charge is -2.23. The van der Waals surface area contributed by atoms with Crippen molar-refractivity contribution >= 4 is 23.7 Å². The van der Waals surface area contributed by atoms with Crippen molar-refractivity contribution < 1.29 is 28.5 Å². The van der Waals surface area contributed by atoms with Crippen LogP contribution < -0.4 is 14.8 Å². The largest absolute Gasteiger partial charge is 0.493 e. The van der Waals surface area contributed by atoms with Gasteiger partial charge in [0.1, 0.15) is 11.6 Å². The Hall–Kier alpha value is -2.15. The number of halogens is 1. The summed E-state index contributed by atoms with van der Waals surface area (Å²) >= 11 is 6.33. The van der Waals surface area contributed by atoms with Crippen LogP contribution in [0.3, 0.4) is 0 Å². The molecule has 0 radical (unpaired) electrons. The molecule has 1 amide bonds. The fourth-order valence-electron chi connectivity index (χ4n) is 2.09. The molecule has 0 saturated carbocycles. The second-order valence-electron chi connectivity index (χ2n) is 6.20. The molecule has 1 aromatic rings. The quantitative estimate of drug-likeness (QED) is 0.772. The van der Waals surface area contributed by atoms with E-state index in [0.29, 0.717) is 22.1 Å². The van der Waals surface area contributed by atoms with Crippen LogP contribution in [0.4, 0.5) is 4.79 Å². The average Bonchev–Trinajstić information content (AvgIpc) is 2.52. The van der Waals surface area contributed by atoms with Crippen molar-refractivity contribution in [2.24, 2.45) is 0 Å². The minimum Gasteiger partial charge on any atom is -0.493 e. The number of hydrogen-bond donors (Lipinski definition) is 1. The first-order chi connectivity index (χ1) is 11.6. The summed E-state index contributed by atoms with van der Waals surface area (Å²) in [4.78, 5) is 24.0. The predicted octanol–water partition coefficient (Wildman–Crippen LogP) is 2.97. The summed E-state index contributed by atoms with van der Waals surface area (Å²) in [5.41, 5.74) is -0.100. The summed E-state index contributed by atoms with van der Waals surface area (Å²) in [5, 5.41) is 2.79. The van der Waals surface area contributed by atoms with E-state index in [-0.39, 0.29) is 6.42 Å². The van der Waals surface area contributed by atoms with Gasteiger partial charge >= 0.3 is 12.1 Å². The Bertz CT molecular complexity index is 626. The first kappa shape index (κ1) is 20.9. The smallest absolute Gasteiger partial charge is 0.408 e. The fourth-order valence-corrected chi connectivity index (χ4v) is 2.40. The van der Waals surface area contributed by atoms with Crippen LogP contribution in [0.15, 0.2) is 12.1 Å². The number of alkyl carbamates (subject to hydrolysis) is 1. The highest BCUT2D eigenvalue weighted by atomic mass is 35.5. The molecule has 1 atom stereocenters. The first-order valence-corrected chi connectivity index (χ1v) is 7.97. The first-order valence-electron chi connectivity index (χ1n) is 7.59. The van der Waals surface area contributed by atoms with Crippen LogP contribution in [0, 0.1) is 0 Å². The molecule has 1 N–H and O–H groups in total. The maximum atomic E-state index is 12.0. The second kappa shape index (κ2) is 8.80. The molecule has 0 saturated heterocycles. The molecule has 1 rings (SSSR count). The van der Waals surface area contributed by atoms with Gasteiger partial charge in [-0.25, -0.2) is 9.59 Å². The zero-order valence-corrected chi connectivity index (χ0v) is 16.0. The molecular weight excluding hydrogens is 350 g/mol. The third-order valence-electron chi connectivity index (χ3n) is 3.17. The molecule has 0 aliphatic heterocycles. The maximum Gasteiger partial charge on any atom is 0.408 e. The van der Waals surface area contributed by atoms with Gasteiger partial charge in [-0.05, 0) is 32.4 Å². The van der Waals surface area contributed by atoms with Crippen LogP contribution in [0.2, 0.25) is 5.02 Å². The van der Waals surface area contributed by atoms with Crippen LogP contribution >= 0.6 is 11.6 Å². The molecule has 0 spiro atoms. The molecule has 0 aromatic heterocycles. The van der Waals surface area contributed by atoms with E-state index in [1.807, 2.05) is 0 Å². The molecule has 25 heavy (non-hydrogen) atoms. The molecule has 8 heteroatoms. The highest BCUT2D eigenvalue weighted by Crippen LogP contribution is 2.37. The van der Waals surface area contributed by atoms with Gasteiger partial charge in [0.05, 0.1) is 26.4 Å². The molecule has 0 aliphatic carbocycles. The monoisotopic (exact) mass is 373 g/mol. The zero-order valence-electron chi connectivity index (χ0n) is 15.3. The van der Waals surface area contributed by atoms with Crippen LogP contribution in [0.1, 0.15) is 26.3 Å². The van der Waals surface area contributed by atoms with Crippen molar-refractivity contribution in [3.05, 3.63) is 22.7 Å². The minimum absolute atomic E-state index is 0.102. The molecule has 0 fully saturated rings. The Balaban J connectivity index is 3.03. The number of carbonyl (C=O) groups is 2. The Kier molecular flexibility index (Phi) is 7.36. The van der Waals surface area contributed by atoms with Gasteiger partial charge < -0.3 is 24.3 Å². The van der Waals surface area contributed by atoms with Gasteiger partial charge in [0, 0.05) is 6.42 Å². The number of esters is 1. The molecular formula is C17H24ClNO6. The van der Waals surface area contributed by atoms with Crippen molar-refractivity contribution in [1.29, 1.82) is 0 Å². The number of nitrogens with one attached hydrogen (secondary N) is 1. The van der Waals surface area contributed by atoms with Crippen LogP contribution in [-0.4, -0.2) is 45.0 Å². The van der Waals surface area contributed by atoms with Gasteiger partial charge in [-0.15, -0.1) is 0 Å². The minimum atomic E-state index is -0.963. The van der Waals surface area contributed by atoms with Crippen molar-refractivity contribution in [3.63, 3.8) is 0 Å². The number of benzene rings is 1. The van der Waals surface area contributed by atoms with Gasteiger partial charge in [0.15, 0.2) is 11.5 Å². The number of amides is 1. The Morgan fingerprint density at radius 3 is 2.28 bits per heavy atom. The molecule has 7 nitrogen and oxygen atoms in total. The highest BCUT2D eigenvalue weighted by molar-refractivity contribution is 6.33. The van der Waals surface area contributed by atoms with E-state index < -0.39 is 23.7 Å². The number of ether oxygens (including phenoxy) is 4. The normalized spacial score (nSPS) is 12.1. The second-order valence-corrected chi connectivity index (χ2v) is 6.58. The molecule has 1 aromatic carbocycles. The number of rotatable bonds is 6. The van der Waals surface area contributed by atoms with Crippen molar-refractivity contribution in [2.75, 3.05) is 21.3 Å². The third-order valence-corrected chi connectivity index (χ3v) is 3.58. The van der Waals surface area contributed by atoms with E-state index in [2.05, 4.69) is 5.32 Å². The lowest BCUT2D eigenvalue weighted by Crippen LogP contribution is -2.45. The van der Waals surface area contributed by atoms with Crippen LogP contribution in [0.25, 0.3) is 0 Å². The van der Waals surface area contributed by atoms with Crippen molar-refractivity contribution in [1.82, 2.24) is 5.32 Å². The van der Waals surface area contributed by atoms with E-state index >= 15 is 0 Å². The summed E-state index contributed by atoms with van der Waals surface area (Å²) in [6.07, 6.45) is -0.620. The van der Waals surface area contributed by atoms with Gasteiger partial charge in [0.2, 0.25) is 0 Å². The van der Waals surface area contributed by atoms with Gasteiger partial charge in [-0.2, -0.15) is 0 Å². The van der Waals surface area contributed by atoms with E-state index in [1.54, 1.807) is 32.9 Å². The van der Waals surface area contributed by atoms with E-state index in [0.717, 1.165) is 0 Å². The van der Waals surface area contributed by atoms with Crippen LogP contribution in [-0.2, 0) is 20.7 Å². The van der Waals surface area contributed by atoms with Crippen molar-refractivity contribution in [2.45, 2.75) is 38.8 Å². The zero-order chi connectivity index (χ0) is 19.2. The van der Waals surface area contributed by atoms with E-state index in [1.165, 1.54) is 21.3 Å². The standard InChI is InChI=1S/C17H24ClNO6/c1-17(2,3)25-16(21)19-11(15(20)24-6)9-10-7-8-12(22-4)14(23-5)13(10)18/h7-8,11H,9H2,1-6H3,(H,19,21). The number of hydrogen-bond acceptors (Lipinski definition) is 6. The van der Waals surface area contributed by atoms with Crippen LogP contribution in [0.5, 0.6) is 11.5 Å². The lowest BCUT2D eigenvalue weighted by molar-refractivity contribution is -0.143. The lowest BCUT2D eigenvalue weighted by atomic mass is 10.0. The summed E-state index contributed by atoms with van der Waals surface area (Å²) in [6, 6.07) is 2.40.